The Kier molecular flexibility index (Phi) is 5.55. The van der Waals surface area contributed by atoms with Crippen molar-refractivity contribution in [2.75, 3.05) is 12.4 Å². The summed E-state index contributed by atoms with van der Waals surface area (Å²) in [5, 5.41) is 23.1. The number of nitro groups is 1. The van der Waals surface area contributed by atoms with Crippen LogP contribution in [0.2, 0.25) is 0 Å². The number of non-ortho nitro benzene ring substituents is 1. The molecule has 1 aromatic heterocycles. The number of nitrogens with one attached hydrogen (secondary N) is 1. The van der Waals surface area contributed by atoms with Crippen molar-refractivity contribution >= 4 is 17.5 Å². The van der Waals surface area contributed by atoms with E-state index in [-0.39, 0.29) is 34.6 Å². The molecular weight excluding hydrogens is 344 g/mol. The maximum atomic E-state index is 12.6. The molecule has 2 aromatic rings. The zero-order valence-corrected chi connectivity index (χ0v) is 14.4. The monoisotopic (exact) mass is 362 g/mol. The Balaban J connectivity index is 2.70. The van der Waals surface area contributed by atoms with Gasteiger partial charge >= 0.3 is 5.97 Å². The zero-order chi connectivity index (χ0) is 19.4. The number of methoxy groups -OCH3 is 1. The summed E-state index contributed by atoms with van der Waals surface area (Å²) in [4.78, 5) is 38.4. The molecular formula is C16H18N4O6. The third kappa shape index (κ3) is 4.15. The predicted octanol–water partition coefficient (Wildman–Crippen LogP) is 1.73. The van der Waals surface area contributed by atoms with Gasteiger partial charge in [-0.15, -0.1) is 0 Å². The summed E-state index contributed by atoms with van der Waals surface area (Å²) in [7, 11) is 1.35. The normalized spacial score (nSPS) is 10.6. The molecule has 0 atom stereocenters. The molecule has 0 radical (unpaired) electrons. The highest BCUT2D eigenvalue weighted by Gasteiger charge is 2.18. The molecule has 0 aliphatic rings. The predicted molar refractivity (Wildman–Crippen MR) is 93.5 cm³/mol. The van der Waals surface area contributed by atoms with E-state index in [4.69, 9.17) is 9.84 Å². The van der Waals surface area contributed by atoms with Crippen molar-refractivity contribution in [3.8, 4) is 17.0 Å². The Morgan fingerprint density at radius 3 is 2.65 bits per heavy atom. The van der Waals surface area contributed by atoms with E-state index in [1.807, 2.05) is 13.8 Å². The van der Waals surface area contributed by atoms with E-state index in [2.05, 4.69) is 10.3 Å². The highest BCUT2D eigenvalue weighted by molar-refractivity contribution is 5.70. The Labute approximate surface area is 148 Å². The summed E-state index contributed by atoms with van der Waals surface area (Å²) >= 11 is 0. The number of carbonyl (C=O) groups is 1. The van der Waals surface area contributed by atoms with E-state index in [1.165, 1.54) is 31.5 Å². The van der Waals surface area contributed by atoms with E-state index in [1.54, 1.807) is 0 Å². The van der Waals surface area contributed by atoms with Crippen molar-refractivity contribution < 1.29 is 19.6 Å². The second kappa shape index (κ2) is 7.64. The van der Waals surface area contributed by atoms with Crippen molar-refractivity contribution in [3.05, 3.63) is 44.9 Å². The molecule has 10 nitrogen and oxygen atoms in total. The second-order valence-electron chi connectivity index (χ2n) is 5.75. The van der Waals surface area contributed by atoms with E-state index in [0.29, 0.717) is 0 Å². The van der Waals surface area contributed by atoms with Crippen LogP contribution in [0.4, 0.5) is 11.5 Å². The molecule has 0 amide bonds. The molecule has 0 aliphatic carbocycles. The number of aromatic nitrogens is 2. The number of aliphatic carboxylic acids is 1. The van der Waals surface area contributed by atoms with Gasteiger partial charge in [0.05, 0.1) is 30.0 Å². The first kappa shape index (κ1) is 18.9. The lowest BCUT2D eigenvalue weighted by Crippen LogP contribution is -2.30. The van der Waals surface area contributed by atoms with Crippen LogP contribution in [0.25, 0.3) is 11.3 Å². The molecule has 10 heteroatoms. The number of hydrogen-bond donors (Lipinski definition) is 2. The number of anilines is 1. The van der Waals surface area contributed by atoms with Gasteiger partial charge in [-0.2, -0.15) is 0 Å². The Morgan fingerprint density at radius 2 is 2.12 bits per heavy atom. The van der Waals surface area contributed by atoms with Crippen LogP contribution in [0, 0.1) is 10.1 Å². The van der Waals surface area contributed by atoms with Gasteiger partial charge in [0.15, 0.2) is 5.82 Å². The first-order valence-corrected chi connectivity index (χ1v) is 7.65. The van der Waals surface area contributed by atoms with Crippen LogP contribution < -0.4 is 15.6 Å². The summed E-state index contributed by atoms with van der Waals surface area (Å²) in [6.07, 6.45) is 1.30. The van der Waals surface area contributed by atoms with Gasteiger partial charge < -0.3 is 15.2 Å². The van der Waals surface area contributed by atoms with Gasteiger partial charge in [-0.05, 0) is 19.9 Å². The van der Waals surface area contributed by atoms with Crippen molar-refractivity contribution in [3.63, 3.8) is 0 Å². The smallest absolute Gasteiger partial charge is 0.323 e. The molecule has 138 valence electrons. The maximum absolute atomic E-state index is 12.6. The van der Waals surface area contributed by atoms with E-state index < -0.39 is 23.0 Å². The summed E-state index contributed by atoms with van der Waals surface area (Å²) in [5.74, 6) is -1.03. The van der Waals surface area contributed by atoms with E-state index in [9.17, 15) is 19.7 Å². The SMILES string of the molecule is COc1cc(-c2cnc(NC(C)C)c(=O)n2CC(=O)O)cc([N+](=O)[O-])c1. The number of hydrogen-bond acceptors (Lipinski definition) is 7. The molecule has 0 saturated heterocycles. The molecule has 0 aliphatic heterocycles. The molecule has 0 bridgehead atoms. The van der Waals surface area contributed by atoms with Gasteiger partial charge in [0, 0.05) is 17.7 Å². The van der Waals surface area contributed by atoms with Crippen LogP contribution in [0.1, 0.15) is 13.8 Å². The van der Waals surface area contributed by atoms with Crippen LogP contribution in [0.15, 0.2) is 29.2 Å². The Hall–Kier alpha value is -3.43. The molecule has 1 aromatic carbocycles. The van der Waals surface area contributed by atoms with Crippen LogP contribution >= 0.6 is 0 Å². The van der Waals surface area contributed by atoms with Gasteiger partial charge in [0.1, 0.15) is 12.3 Å². The van der Waals surface area contributed by atoms with Crippen LogP contribution in [-0.2, 0) is 11.3 Å². The summed E-state index contributed by atoms with van der Waals surface area (Å²) in [6.45, 7) is 3.00. The fraction of sp³-hybridized carbons (Fsp3) is 0.312. The highest BCUT2D eigenvalue weighted by Crippen LogP contribution is 2.29. The molecule has 2 N–H and O–H groups in total. The lowest BCUT2D eigenvalue weighted by Gasteiger charge is -2.15. The van der Waals surface area contributed by atoms with Crippen molar-refractivity contribution in [2.24, 2.45) is 0 Å². The minimum absolute atomic E-state index is 0.00222. The molecule has 0 fully saturated rings. The first-order valence-electron chi connectivity index (χ1n) is 7.65. The number of rotatable bonds is 7. The maximum Gasteiger partial charge on any atom is 0.323 e. The highest BCUT2D eigenvalue weighted by atomic mass is 16.6. The molecule has 0 spiro atoms. The average Bonchev–Trinajstić information content (AvgIpc) is 2.57. The minimum Gasteiger partial charge on any atom is -0.496 e. The number of carboxylic acids is 1. The fourth-order valence-electron chi connectivity index (χ4n) is 2.34. The molecule has 0 unspecified atom stereocenters. The van der Waals surface area contributed by atoms with Gasteiger partial charge in [-0.1, -0.05) is 0 Å². The molecule has 26 heavy (non-hydrogen) atoms. The van der Waals surface area contributed by atoms with Crippen molar-refractivity contribution in [2.45, 2.75) is 26.4 Å². The minimum atomic E-state index is -1.23. The molecule has 2 rings (SSSR count). The first-order chi connectivity index (χ1) is 12.2. The Morgan fingerprint density at radius 1 is 1.42 bits per heavy atom. The standard InChI is InChI=1S/C16H18N4O6/c1-9(2)18-15-16(23)19(8-14(21)22)13(7-17-15)10-4-11(20(24)25)6-12(5-10)26-3/h4-7,9H,8H2,1-3H3,(H,17,18)(H,21,22). The Bertz CT molecular complexity index is 906. The second-order valence-corrected chi connectivity index (χ2v) is 5.75. The van der Waals surface area contributed by atoms with E-state index in [0.717, 1.165) is 4.57 Å². The average molecular weight is 362 g/mol. The quantitative estimate of drug-likeness (QED) is 0.561. The van der Waals surface area contributed by atoms with E-state index >= 15 is 0 Å². The number of ether oxygens (including phenoxy) is 1. The number of nitrogens with zero attached hydrogens (tertiary/aromatic N) is 3. The number of carboxylic acid groups (broad SMARTS) is 1. The van der Waals surface area contributed by atoms with Crippen LogP contribution in [0.5, 0.6) is 5.75 Å². The van der Waals surface area contributed by atoms with Gasteiger partial charge in [0.2, 0.25) is 0 Å². The van der Waals surface area contributed by atoms with Gasteiger partial charge in [-0.25, -0.2) is 4.98 Å². The fourth-order valence-corrected chi connectivity index (χ4v) is 2.34. The lowest BCUT2D eigenvalue weighted by atomic mass is 10.1. The number of benzene rings is 1. The molecule has 0 saturated carbocycles. The van der Waals surface area contributed by atoms with Gasteiger partial charge in [0.25, 0.3) is 11.2 Å². The summed E-state index contributed by atoms with van der Waals surface area (Å²) < 4.78 is 6.05. The third-order valence-corrected chi connectivity index (χ3v) is 3.41. The number of nitro benzene ring substituents is 1. The van der Waals surface area contributed by atoms with Crippen LogP contribution in [0.3, 0.4) is 0 Å². The topological polar surface area (TPSA) is 137 Å². The molecule has 1 heterocycles. The zero-order valence-electron chi connectivity index (χ0n) is 14.4. The third-order valence-electron chi connectivity index (χ3n) is 3.41. The van der Waals surface area contributed by atoms with Gasteiger partial charge in [-0.3, -0.25) is 24.3 Å². The van der Waals surface area contributed by atoms with Crippen molar-refractivity contribution in [1.82, 2.24) is 9.55 Å². The summed E-state index contributed by atoms with van der Waals surface area (Å²) in [5.41, 5.74) is -0.506. The summed E-state index contributed by atoms with van der Waals surface area (Å²) in [6, 6.07) is 3.84. The lowest BCUT2D eigenvalue weighted by molar-refractivity contribution is -0.384. The van der Waals surface area contributed by atoms with Crippen LogP contribution in [-0.4, -0.2) is 38.7 Å². The largest absolute Gasteiger partial charge is 0.496 e. The van der Waals surface area contributed by atoms with Crippen molar-refractivity contribution in [1.29, 1.82) is 0 Å².